The van der Waals surface area contributed by atoms with Crippen molar-refractivity contribution in [1.29, 1.82) is 0 Å². The van der Waals surface area contributed by atoms with E-state index in [0.29, 0.717) is 13.2 Å². The highest BCUT2D eigenvalue weighted by Gasteiger charge is 2.07. The van der Waals surface area contributed by atoms with Crippen molar-refractivity contribution in [3.63, 3.8) is 0 Å². The Morgan fingerprint density at radius 3 is 2.67 bits per heavy atom. The number of aryl methyl sites for hydroxylation is 1. The Morgan fingerprint density at radius 1 is 1.08 bits per heavy atom. The predicted molar refractivity (Wildman–Crippen MR) is 96.4 cm³/mol. The van der Waals surface area contributed by atoms with E-state index in [2.05, 4.69) is 17.1 Å². The first-order chi connectivity index (χ1) is 11.8. The average molecular weight is 322 g/mol. The van der Waals surface area contributed by atoms with Crippen LogP contribution in [0.5, 0.6) is 5.75 Å². The van der Waals surface area contributed by atoms with Crippen LogP contribution in [0.2, 0.25) is 0 Å². The van der Waals surface area contributed by atoms with Crippen LogP contribution < -0.4 is 9.57 Å². The SMILES string of the molecule is C/C=C/COc1ccc(CCOn2c(C)nc3ccccc32)cc1. The number of allylic oxidation sites excluding steroid dienone is 1. The first kappa shape index (κ1) is 16.1. The molecule has 24 heavy (non-hydrogen) atoms. The van der Waals surface area contributed by atoms with E-state index in [-0.39, 0.29) is 0 Å². The molecule has 1 heterocycles. The highest BCUT2D eigenvalue weighted by molar-refractivity contribution is 5.75. The van der Waals surface area contributed by atoms with Gasteiger partial charge in [-0.1, -0.05) is 36.4 Å². The maximum atomic E-state index is 5.92. The third-order valence-corrected chi connectivity index (χ3v) is 3.79. The van der Waals surface area contributed by atoms with Gasteiger partial charge < -0.3 is 9.57 Å². The molecule has 2 aromatic carbocycles. The molecule has 4 nitrogen and oxygen atoms in total. The molecular weight excluding hydrogens is 300 g/mol. The summed E-state index contributed by atoms with van der Waals surface area (Å²) in [5.41, 5.74) is 3.18. The lowest BCUT2D eigenvalue weighted by Crippen LogP contribution is -2.15. The highest BCUT2D eigenvalue weighted by Crippen LogP contribution is 2.15. The summed E-state index contributed by atoms with van der Waals surface area (Å²) in [6.45, 7) is 5.14. The molecule has 0 spiro atoms. The van der Waals surface area contributed by atoms with Crippen LogP contribution in [0.1, 0.15) is 18.3 Å². The zero-order chi connectivity index (χ0) is 16.8. The number of benzene rings is 2. The van der Waals surface area contributed by atoms with Crippen molar-refractivity contribution in [2.24, 2.45) is 0 Å². The molecule has 4 heteroatoms. The molecule has 0 unspecified atom stereocenters. The Morgan fingerprint density at radius 2 is 1.88 bits per heavy atom. The number of hydrogen-bond acceptors (Lipinski definition) is 3. The van der Waals surface area contributed by atoms with Gasteiger partial charge in [0.05, 0.1) is 5.52 Å². The van der Waals surface area contributed by atoms with Gasteiger partial charge in [0.2, 0.25) is 0 Å². The smallest absolute Gasteiger partial charge is 0.143 e. The van der Waals surface area contributed by atoms with Crippen molar-refractivity contribution in [3.05, 3.63) is 72.1 Å². The number of imidazole rings is 1. The lowest BCUT2D eigenvalue weighted by Gasteiger charge is -2.10. The fraction of sp³-hybridized carbons (Fsp3) is 0.250. The second-order valence-corrected chi connectivity index (χ2v) is 5.55. The van der Waals surface area contributed by atoms with Crippen LogP contribution in [0.25, 0.3) is 11.0 Å². The fourth-order valence-corrected chi connectivity index (χ4v) is 2.54. The van der Waals surface area contributed by atoms with Gasteiger partial charge in [0.25, 0.3) is 0 Å². The topological polar surface area (TPSA) is 36.3 Å². The second-order valence-electron chi connectivity index (χ2n) is 5.55. The second kappa shape index (κ2) is 7.68. The van der Waals surface area contributed by atoms with Gasteiger partial charge in [-0.25, -0.2) is 4.98 Å². The summed E-state index contributed by atoms with van der Waals surface area (Å²) in [7, 11) is 0. The van der Waals surface area contributed by atoms with Gasteiger partial charge in [-0.3, -0.25) is 0 Å². The van der Waals surface area contributed by atoms with Crippen LogP contribution >= 0.6 is 0 Å². The lowest BCUT2D eigenvalue weighted by molar-refractivity contribution is 0.117. The van der Waals surface area contributed by atoms with Crippen LogP contribution in [-0.2, 0) is 6.42 Å². The van der Waals surface area contributed by atoms with Crippen molar-refractivity contribution >= 4 is 11.0 Å². The van der Waals surface area contributed by atoms with E-state index in [0.717, 1.165) is 29.0 Å². The molecule has 124 valence electrons. The summed E-state index contributed by atoms with van der Waals surface area (Å²) in [5, 5.41) is 0. The van der Waals surface area contributed by atoms with Crippen LogP contribution in [-0.4, -0.2) is 22.9 Å². The van der Waals surface area contributed by atoms with Crippen molar-refractivity contribution in [2.45, 2.75) is 20.3 Å². The molecule has 0 saturated heterocycles. The number of ether oxygens (including phenoxy) is 1. The average Bonchev–Trinajstić information content (AvgIpc) is 2.92. The number of hydrogen-bond donors (Lipinski definition) is 0. The molecule has 3 aromatic rings. The summed E-state index contributed by atoms with van der Waals surface area (Å²) >= 11 is 0. The third kappa shape index (κ3) is 3.77. The lowest BCUT2D eigenvalue weighted by atomic mass is 10.1. The van der Waals surface area contributed by atoms with Gasteiger partial charge in [-0.05, 0) is 43.7 Å². The quantitative estimate of drug-likeness (QED) is 0.618. The Labute approximate surface area is 142 Å². The van der Waals surface area contributed by atoms with E-state index in [1.54, 1.807) is 0 Å². The third-order valence-electron chi connectivity index (χ3n) is 3.79. The Balaban J connectivity index is 1.57. The first-order valence-corrected chi connectivity index (χ1v) is 8.18. The highest BCUT2D eigenvalue weighted by atomic mass is 16.7. The van der Waals surface area contributed by atoms with Crippen molar-refractivity contribution in [3.8, 4) is 5.75 Å². The van der Waals surface area contributed by atoms with Gasteiger partial charge in [-0.2, -0.15) is 4.73 Å². The summed E-state index contributed by atoms with van der Waals surface area (Å²) in [4.78, 5) is 10.4. The van der Waals surface area contributed by atoms with Gasteiger partial charge in [0.15, 0.2) is 0 Å². The van der Waals surface area contributed by atoms with E-state index in [1.165, 1.54) is 5.56 Å². The molecule has 3 rings (SSSR count). The summed E-state index contributed by atoms with van der Waals surface area (Å²) in [5.74, 6) is 1.75. The van der Waals surface area contributed by atoms with Crippen LogP contribution in [0.15, 0.2) is 60.7 Å². The molecule has 0 atom stereocenters. The Hall–Kier alpha value is -2.75. The molecule has 1 aromatic heterocycles. The largest absolute Gasteiger partial charge is 0.490 e. The minimum absolute atomic E-state index is 0.597. The molecule has 0 saturated carbocycles. The summed E-state index contributed by atoms with van der Waals surface area (Å²) < 4.78 is 7.41. The zero-order valence-corrected chi connectivity index (χ0v) is 14.1. The molecule has 0 bridgehead atoms. The molecule has 0 N–H and O–H groups in total. The van der Waals surface area contributed by atoms with Crippen LogP contribution in [0.4, 0.5) is 0 Å². The summed E-state index contributed by atoms with van der Waals surface area (Å²) in [6.07, 6.45) is 4.80. The van der Waals surface area contributed by atoms with Crippen molar-refractivity contribution in [2.75, 3.05) is 13.2 Å². The number of rotatable bonds is 7. The molecule has 0 aliphatic heterocycles. The van der Waals surface area contributed by atoms with Crippen LogP contribution in [0.3, 0.4) is 0 Å². The maximum absolute atomic E-state index is 5.92. The standard InChI is InChI=1S/C20H22N2O2/c1-3-4-14-23-18-11-9-17(10-12-18)13-15-24-22-16(2)21-19-7-5-6-8-20(19)22/h3-12H,13-15H2,1-2H3/b4-3+. The van der Waals surface area contributed by atoms with Gasteiger partial charge >= 0.3 is 0 Å². The van der Waals surface area contributed by atoms with Crippen molar-refractivity contribution < 1.29 is 9.57 Å². The number of nitrogens with zero attached hydrogens (tertiary/aromatic N) is 2. The van der Waals surface area contributed by atoms with Gasteiger partial charge in [-0.15, -0.1) is 0 Å². The number of fused-ring (bicyclic) bond motifs is 1. The molecule has 0 aliphatic carbocycles. The minimum Gasteiger partial charge on any atom is -0.490 e. The molecular formula is C20H22N2O2. The molecule has 0 aliphatic rings. The normalized spacial score (nSPS) is 11.2. The summed E-state index contributed by atoms with van der Waals surface area (Å²) in [6, 6.07) is 16.1. The van der Waals surface area contributed by atoms with E-state index in [9.17, 15) is 0 Å². The van der Waals surface area contributed by atoms with Crippen molar-refractivity contribution in [1.82, 2.24) is 9.71 Å². The number of para-hydroxylation sites is 2. The number of aromatic nitrogens is 2. The zero-order valence-electron chi connectivity index (χ0n) is 14.1. The van der Waals surface area contributed by atoms with Gasteiger partial charge in [0, 0.05) is 6.42 Å². The van der Waals surface area contributed by atoms with E-state index < -0.39 is 0 Å². The Bertz CT molecular complexity index is 819. The van der Waals surface area contributed by atoms with E-state index in [1.807, 2.05) is 67.1 Å². The molecule has 0 amide bonds. The van der Waals surface area contributed by atoms with E-state index >= 15 is 0 Å². The maximum Gasteiger partial charge on any atom is 0.143 e. The monoisotopic (exact) mass is 322 g/mol. The minimum atomic E-state index is 0.597. The fourth-order valence-electron chi connectivity index (χ4n) is 2.54. The first-order valence-electron chi connectivity index (χ1n) is 8.18. The van der Waals surface area contributed by atoms with Crippen LogP contribution in [0, 0.1) is 6.92 Å². The molecule has 0 radical (unpaired) electrons. The Kier molecular flexibility index (Phi) is 5.16. The van der Waals surface area contributed by atoms with Gasteiger partial charge in [0.1, 0.15) is 30.3 Å². The molecule has 0 fully saturated rings. The van der Waals surface area contributed by atoms with E-state index in [4.69, 9.17) is 9.57 Å². The predicted octanol–water partition coefficient (Wildman–Crippen LogP) is 3.97.